The van der Waals surface area contributed by atoms with E-state index in [9.17, 15) is 0 Å². The van der Waals surface area contributed by atoms with Gasteiger partial charge in [0.2, 0.25) is 0 Å². The Morgan fingerprint density at radius 1 is 1.41 bits per heavy atom. The van der Waals surface area contributed by atoms with Gasteiger partial charge in [0.15, 0.2) is 0 Å². The topological polar surface area (TPSA) is 35.2 Å². The van der Waals surface area contributed by atoms with Gasteiger partial charge in [0.25, 0.3) is 0 Å². The van der Waals surface area contributed by atoms with Crippen molar-refractivity contribution in [2.45, 2.75) is 6.92 Å². The Labute approximate surface area is 117 Å². The van der Waals surface area contributed by atoms with Gasteiger partial charge in [-0.3, -0.25) is 0 Å². The third-order valence-corrected chi connectivity index (χ3v) is 3.97. The predicted octanol–water partition coefficient (Wildman–Crippen LogP) is 3.70. The zero-order chi connectivity index (χ0) is 12.7. The van der Waals surface area contributed by atoms with Crippen LogP contribution < -0.4 is 10.5 Å². The van der Waals surface area contributed by atoms with Crippen molar-refractivity contribution in [2.24, 2.45) is 11.7 Å². The highest BCUT2D eigenvalue weighted by Crippen LogP contribution is 2.27. The maximum absolute atomic E-state index is 5.98. The van der Waals surface area contributed by atoms with Crippen molar-refractivity contribution in [3.8, 4) is 5.75 Å². The van der Waals surface area contributed by atoms with Crippen LogP contribution in [0.2, 0.25) is 10.0 Å². The molecule has 2 N–H and O–H groups in total. The van der Waals surface area contributed by atoms with Crippen molar-refractivity contribution in [1.82, 2.24) is 0 Å². The fourth-order valence-electron chi connectivity index (χ4n) is 1.16. The molecular weight excluding hydrogens is 277 g/mol. The summed E-state index contributed by atoms with van der Waals surface area (Å²) >= 11 is 13.6. The molecule has 0 fully saturated rings. The van der Waals surface area contributed by atoms with Crippen LogP contribution in [0, 0.1) is 5.92 Å². The van der Waals surface area contributed by atoms with E-state index in [1.807, 2.05) is 11.8 Å². The molecule has 0 bridgehead atoms. The summed E-state index contributed by atoms with van der Waals surface area (Å²) < 4.78 is 5.56. The van der Waals surface area contributed by atoms with E-state index in [4.69, 9.17) is 33.7 Å². The van der Waals surface area contributed by atoms with E-state index in [1.54, 1.807) is 18.2 Å². The fraction of sp³-hybridized carbons (Fsp3) is 0.500. The number of rotatable bonds is 7. The van der Waals surface area contributed by atoms with Crippen LogP contribution in [0.25, 0.3) is 0 Å². The summed E-state index contributed by atoms with van der Waals surface area (Å²) in [6.45, 7) is 3.52. The molecule has 2 nitrogen and oxygen atoms in total. The van der Waals surface area contributed by atoms with Crippen molar-refractivity contribution in [1.29, 1.82) is 0 Å². The molecule has 1 atom stereocenters. The Morgan fingerprint density at radius 2 is 2.18 bits per heavy atom. The number of thioether (sulfide) groups is 1. The van der Waals surface area contributed by atoms with Crippen LogP contribution in [0.4, 0.5) is 0 Å². The molecule has 1 rings (SSSR count). The van der Waals surface area contributed by atoms with Crippen LogP contribution in [0.5, 0.6) is 5.75 Å². The van der Waals surface area contributed by atoms with Gasteiger partial charge in [-0.1, -0.05) is 30.1 Å². The lowest BCUT2D eigenvalue weighted by Crippen LogP contribution is -2.13. The lowest BCUT2D eigenvalue weighted by Gasteiger charge is -2.10. The highest BCUT2D eigenvalue weighted by molar-refractivity contribution is 7.99. The van der Waals surface area contributed by atoms with Gasteiger partial charge in [-0.05, 0) is 36.4 Å². The van der Waals surface area contributed by atoms with E-state index in [0.29, 0.717) is 28.3 Å². The Morgan fingerprint density at radius 3 is 2.82 bits per heavy atom. The molecule has 1 aromatic carbocycles. The first kappa shape index (κ1) is 15.0. The molecule has 0 saturated carbocycles. The Hall–Kier alpha value is -0.0900. The fourth-order valence-corrected chi connectivity index (χ4v) is 2.52. The number of nitrogens with two attached hydrogens (primary N) is 1. The second-order valence-electron chi connectivity index (χ2n) is 3.84. The summed E-state index contributed by atoms with van der Waals surface area (Å²) in [6.07, 6.45) is 0. The molecule has 0 radical (unpaired) electrons. The Balaban J connectivity index is 2.22. The smallest absolute Gasteiger partial charge is 0.138 e. The van der Waals surface area contributed by atoms with Gasteiger partial charge >= 0.3 is 0 Å². The molecule has 17 heavy (non-hydrogen) atoms. The molecule has 1 aromatic rings. The largest absolute Gasteiger partial charge is 0.491 e. The van der Waals surface area contributed by atoms with Crippen molar-refractivity contribution >= 4 is 35.0 Å². The second-order valence-corrected chi connectivity index (χ2v) is 5.83. The normalized spacial score (nSPS) is 12.5. The Kier molecular flexibility index (Phi) is 7.12. The van der Waals surface area contributed by atoms with E-state index in [-0.39, 0.29) is 0 Å². The minimum atomic E-state index is 0.554. The molecule has 0 heterocycles. The third-order valence-electron chi connectivity index (χ3n) is 2.18. The number of hydrogen-bond acceptors (Lipinski definition) is 3. The van der Waals surface area contributed by atoms with Crippen LogP contribution in [0.3, 0.4) is 0 Å². The molecular formula is C12H17Cl2NOS. The summed E-state index contributed by atoms with van der Waals surface area (Å²) in [5.41, 5.74) is 5.54. The monoisotopic (exact) mass is 293 g/mol. The second kappa shape index (κ2) is 8.09. The molecule has 0 aromatic heterocycles. The lowest BCUT2D eigenvalue weighted by atomic mass is 10.2. The van der Waals surface area contributed by atoms with Gasteiger partial charge in [-0.25, -0.2) is 0 Å². The zero-order valence-corrected chi connectivity index (χ0v) is 12.1. The molecule has 0 aliphatic rings. The summed E-state index contributed by atoms with van der Waals surface area (Å²) in [5.74, 6) is 3.24. The highest BCUT2D eigenvalue weighted by Gasteiger charge is 2.03. The Bertz CT molecular complexity index is 349. The van der Waals surface area contributed by atoms with E-state index in [1.165, 1.54) is 0 Å². The van der Waals surface area contributed by atoms with Gasteiger partial charge < -0.3 is 10.5 Å². The maximum Gasteiger partial charge on any atom is 0.138 e. The van der Waals surface area contributed by atoms with Gasteiger partial charge in [-0.2, -0.15) is 11.8 Å². The molecule has 0 saturated heterocycles. The number of halogens is 2. The number of hydrogen-bond donors (Lipinski definition) is 1. The average molecular weight is 294 g/mol. The van der Waals surface area contributed by atoms with Crippen molar-refractivity contribution < 1.29 is 4.74 Å². The first-order valence-electron chi connectivity index (χ1n) is 5.49. The molecule has 0 aliphatic heterocycles. The minimum Gasteiger partial charge on any atom is -0.491 e. The lowest BCUT2D eigenvalue weighted by molar-refractivity contribution is 0.344. The predicted molar refractivity (Wildman–Crippen MR) is 77.5 cm³/mol. The van der Waals surface area contributed by atoms with E-state index >= 15 is 0 Å². The number of ether oxygens (including phenoxy) is 1. The number of benzene rings is 1. The van der Waals surface area contributed by atoms with E-state index < -0.39 is 0 Å². The average Bonchev–Trinajstić information content (AvgIpc) is 2.30. The molecule has 1 unspecified atom stereocenters. The summed E-state index contributed by atoms with van der Waals surface area (Å²) in [7, 11) is 0. The van der Waals surface area contributed by atoms with Gasteiger partial charge in [0, 0.05) is 10.8 Å². The van der Waals surface area contributed by atoms with E-state index in [0.717, 1.165) is 18.1 Å². The molecule has 5 heteroatoms. The summed E-state index contributed by atoms with van der Waals surface area (Å²) in [4.78, 5) is 0. The van der Waals surface area contributed by atoms with Crippen LogP contribution in [-0.2, 0) is 0 Å². The van der Waals surface area contributed by atoms with Gasteiger partial charge in [0.05, 0.1) is 11.6 Å². The maximum atomic E-state index is 5.98. The third kappa shape index (κ3) is 5.87. The molecule has 0 amide bonds. The van der Waals surface area contributed by atoms with Gasteiger partial charge in [0.1, 0.15) is 5.75 Å². The van der Waals surface area contributed by atoms with Crippen LogP contribution >= 0.6 is 35.0 Å². The molecule has 0 aliphatic carbocycles. The first-order valence-corrected chi connectivity index (χ1v) is 7.40. The summed E-state index contributed by atoms with van der Waals surface area (Å²) in [6, 6.07) is 5.24. The van der Waals surface area contributed by atoms with Crippen molar-refractivity contribution in [2.75, 3.05) is 24.7 Å². The molecule has 0 spiro atoms. The van der Waals surface area contributed by atoms with Crippen molar-refractivity contribution in [3.05, 3.63) is 28.2 Å². The van der Waals surface area contributed by atoms with Crippen LogP contribution in [0.15, 0.2) is 18.2 Å². The zero-order valence-electron chi connectivity index (χ0n) is 9.79. The first-order chi connectivity index (χ1) is 8.13. The quantitative estimate of drug-likeness (QED) is 0.779. The van der Waals surface area contributed by atoms with Gasteiger partial charge in [-0.15, -0.1) is 0 Å². The highest BCUT2D eigenvalue weighted by atomic mass is 35.5. The minimum absolute atomic E-state index is 0.554. The van der Waals surface area contributed by atoms with Crippen LogP contribution in [-0.4, -0.2) is 24.7 Å². The molecule has 96 valence electrons. The van der Waals surface area contributed by atoms with Crippen LogP contribution in [0.1, 0.15) is 6.92 Å². The SMILES string of the molecule is CC(CN)CSCCOc1ccc(Cl)cc1Cl. The van der Waals surface area contributed by atoms with Crippen molar-refractivity contribution in [3.63, 3.8) is 0 Å². The standard InChI is InChI=1S/C12H17Cl2NOS/c1-9(7-15)8-17-5-4-16-12-3-2-10(13)6-11(12)14/h2-3,6,9H,4-5,7-8,15H2,1H3. The summed E-state index contributed by atoms with van der Waals surface area (Å²) in [5, 5.41) is 1.17. The van der Waals surface area contributed by atoms with E-state index in [2.05, 4.69) is 6.92 Å².